The summed E-state index contributed by atoms with van der Waals surface area (Å²) in [5, 5.41) is 17.7. The second kappa shape index (κ2) is 33.1. The van der Waals surface area contributed by atoms with Gasteiger partial charge in [-0.25, -0.2) is 72.9 Å². The predicted octanol–water partition coefficient (Wildman–Crippen LogP) is 13.8. The van der Waals surface area contributed by atoms with Gasteiger partial charge in [-0.15, -0.1) is 0 Å². The zero-order valence-corrected chi connectivity index (χ0v) is 56.7. The first-order valence-corrected chi connectivity index (χ1v) is 31.4. The molecule has 0 aliphatic carbocycles. The van der Waals surface area contributed by atoms with E-state index in [1.165, 1.54) is 70.5 Å². The van der Waals surface area contributed by atoms with Crippen LogP contribution in [0.15, 0.2) is 115 Å². The van der Waals surface area contributed by atoms with Crippen LogP contribution in [-0.2, 0) is 28.6 Å². The maximum atomic E-state index is 13.9. The van der Waals surface area contributed by atoms with Crippen molar-refractivity contribution in [3.63, 3.8) is 0 Å². The molecular weight excluding hydrogens is 1330 g/mol. The largest absolute Gasteiger partial charge is 0.441 e. The van der Waals surface area contributed by atoms with E-state index < -0.39 is 141 Å². The highest BCUT2D eigenvalue weighted by Crippen LogP contribution is 2.43. The summed E-state index contributed by atoms with van der Waals surface area (Å²) < 4.78 is 145. The van der Waals surface area contributed by atoms with Gasteiger partial charge >= 0.3 is 24.3 Å². The molecule has 0 spiro atoms. The number of imide groups is 2. The topological polar surface area (TPSA) is 265 Å². The SMILES string of the molecule is CC(=O)C(N)c1ccc(F)c(F)c1.CC(=O)N1C(=O)OC(C)(C)C1c1ccc(F)c(F)c1.CC(=O)Nc1cccc(C2CCN(CCCNC(=O)N3C(=O)OC(C)(C)C3c3ccc(F)c(F)c3)CC2)c1.CC(C)(O)C(N)c1ccc(F)c(F)c1.CC1(C)OC(=O)NC1c1ccc(F)c(F)c1. The van der Waals surface area contributed by atoms with Crippen molar-refractivity contribution in [2.24, 2.45) is 11.5 Å². The summed E-state index contributed by atoms with van der Waals surface area (Å²) in [5.41, 5.74) is 10.8. The van der Waals surface area contributed by atoms with Crippen LogP contribution in [0.25, 0.3) is 0 Å². The zero-order valence-electron chi connectivity index (χ0n) is 56.7. The zero-order chi connectivity index (χ0) is 74.7. The Labute approximate surface area is 571 Å². The van der Waals surface area contributed by atoms with Crippen molar-refractivity contribution in [3.05, 3.63) is 207 Å². The third kappa shape index (κ3) is 20.6. The number of carbonyl (C=O) groups is 7. The highest BCUT2D eigenvalue weighted by molar-refractivity contribution is 5.94. The number of ether oxygens (including phenoxy) is 3. The third-order valence-corrected chi connectivity index (χ3v) is 16.6. The number of hydrogen-bond donors (Lipinski definition) is 6. The van der Waals surface area contributed by atoms with Gasteiger partial charge < -0.3 is 51.6 Å². The van der Waals surface area contributed by atoms with Crippen molar-refractivity contribution in [2.45, 2.75) is 154 Å². The summed E-state index contributed by atoms with van der Waals surface area (Å²) in [6.07, 6.45) is 0.524. The molecule has 540 valence electrons. The summed E-state index contributed by atoms with van der Waals surface area (Å²) in [7, 11) is 0. The summed E-state index contributed by atoms with van der Waals surface area (Å²) in [5.74, 6) is -10.2. The normalized spacial score (nSPS) is 18.8. The van der Waals surface area contributed by atoms with Crippen LogP contribution in [0.3, 0.4) is 0 Å². The van der Waals surface area contributed by atoms with Crippen LogP contribution in [0.5, 0.6) is 0 Å². The lowest BCUT2D eigenvalue weighted by molar-refractivity contribution is -0.127. The van der Waals surface area contributed by atoms with Crippen LogP contribution in [0.4, 0.5) is 68.8 Å². The molecule has 6 aromatic rings. The van der Waals surface area contributed by atoms with Gasteiger partial charge in [0, 0.05) is 26.1 Å². The average Bonchev–Trinajstić information content (AvgIpc) is 1.62. The number of ketones is 1. The van der Waals surface area contributed by atoms with E-state index >= 15 is 0 Å². The number of piperidine rings is 1. The Balaban J connectivity index is 0.000000213. The number of nitrogens with two attached hydrogens (primary N) is 2. The Hall–Kier alpha value is -9.45. The number of hydrogen-bond acceptors (Lipinski definition) is 14. The second-order valence-corrected chi connectivity index (χ2v) is 26.2. The standard InChI is InChI=1S/C28H34F2N4O4.C13H13F2NO3.C11H11F2NO2.C10H13F2NO.C9H9F2NO/c1-18(35)32-22-7-4-6-20(16-22)19-10-14-33(15-11-19)13-5-12-31-26(36)34-25(28(2,3)38-27(34)37)21-8-9-23(29)24(30)17-21;1-7(17)16-11(13(2,3)19-12(16)18)8-4-5-9(14)10(15)6-8;1-11(2)9(14-10(15)16-11)6-3-4-7(12)8(13)5-6;1-10(2,14)9(13)6-3-4-7(11)8(12)5-6;1-5(13)9(12)6-2-3-7(10)8(11)4-6/h4,6-9,16-17,19,25H,5,10-15H2,1-3H3,(H,31,36)(H,32,35);4-6,11H,1-3H3;3-5,9H,1-2H3,(H,14,15);3-5,9,14H,13H2,1-2H3;2-4,9H,12H2,1H3. The number of rotatable bonds is 13. The van der Waals surface area contributed by atoms with Crippen LogP contribution in [0, 0.1) is 58.2 Å². The van der Waals surface area contributed by atoms with Crippen LogP contribution >= 0.6 is 0 Å². The van der Waals surface area contributed by atoms with Crippen LogP contribution < -0.4 is 27.4 Å². The molecule has 100 heavy (non-hydrogen) atoms. The Morgan fingerprint density at radius 3 is 1.45 bits per heavy atom. The van der Waals surface area contributed by atoms with Crippen molar-refractivity contribution in [1.82, 2.24) is 25.3 Å². The molecule has 0 radical (unpaired) electrons. The van der Waals surface area contributed by atoms with Gasteiger partial charge in [0.15, 0.2) is 64.0 Å². The van der Waals surface area contributed by atoms with Gasteiger partial charge in [-0.3, -0.25) is 14.4 Å². The number of amides is 7. The number of nitrogens with one attached hydrogen (secondary N) is 3. The maximum absolute atomic E-state index is 13.9. The number of carbonyl (C=O) groups excluding carboxylic acids is 7. The molecule has 5 unspecified atom stereocenters. The Morgan fingerprint density at radius 2 is 1.01 bits per heavy atom. The smallest absolute Gasteiger partial charge is 0.419 e. The summed E-state index contributed by atoms with van der Waals surface area (Å²) in [4.78, 5) is 86.1. The highest BCUT2D eigenvalue weighted by atomic mass is 19.2. The van der Waals surface area contributed by atoms with Crippen molar-refractivity contribution >= 4 is 47.6 Å². The van der Waals surface area contributed by atoms with Crippen molar-refractivity contribution in [2.75, 3.05) is 31.5 Å². The first-order chi connectivity index (χ1) is 46.5. The fraction of sp³-hybridized carbons (Fsp3) is 0.394. The number of alkyl carbamates (subject to hydrolysis) is 1. The Bertz CT molecular complexity index is 3980. The van der Waals surface area contributed by atoms with E-state index in [4.69, 9.17) is 25.7 Å². The maximum Gasteiger partial charge on any atom is 0.419 e. The quantitative estimate of drug-likeness (QED) is 0.0357. The molecule has 5 atom stereocenters. The minimum Gasteiger partial charge on any atom is -0.441 e. The van der Waals surface area contributed by atoms with E-state index in [9.17, 15) is 82.6 Å². The fourth-order valence-corrected chi connectivity index (χ4v) is 11.5. The van der Waals surface area contributed by atoms with Gasteiger partial charge in [-0.2, -0.15) is 0 Å². The van der Waals surface area contributed by atoms with Gasteiger partial charge in [-0.05, 0) is 213 Å². The monoisotopic (exact) mass is 1410 g/mol. The number of aliphatic hydroxyl groups is 1. The summed E-state index contributed by atoms with van der Waals surface area (Å²) in [6.45, 7) is 19.9. The first kappa shape index (κ1) is 79.5. The molecule has 4 heterocycles. The second-order valence-electron chi connectivity index (χ2n) is 26.2. The number of benzene rings is 6. The molecule has 4 fully saturated rings. The number of Topliss-reactive ketones (excluding diaryl/α,β-unsaturated/α-hetero) is 1. The van der Waals surface area contributed by atoms with E-state index in [2.05, 4.69) is 26.9 Å². The van der Waals surface area contributed by atoms with Crippen molar-refractivity contribution in [3.8, 4) is 0 Å². The molecule has 10 rings (SSSR count). The molecule has 4 saturated heterocycles. The predicted molar refractivity (Wildman–Crippen MR) is 347 cm³/mol. The van der Waals surface area contributed by atoms with Crippen molar-refractivity contribution < 1.29 is 96.8 Å². The molecule has 0 saturated carbocycles. The number of anilines is 1. The Kier molecular flexibility index (Phi) is 26.4. The molecule has 6 aromatic carbocycles. The lowest BCUT2D eigenvalue weighted by Gasteiger charge is -2.32. The summed E-state index contributed by atoms with van der Waals surface area (Å²) in [6, 6.07) is 20.2. The third-order valence-electron chi connectivity index (χ3n) is 16.6. The number of halogens is 10. The van der Waals surface area contributed by atoms with Gasteiger partial charge in [0.25, 0.3) is 0 Å². The van der Waals surface area contributed by atoms with E-state index in [-0.39, 0.29) is 22.8 Å². The van der Waals surface area contributed by atoms with Gasteiger partial charge in [0.1, 0.15) is 28.9 Å². The molecule has 0 bridgehead atoms. The number of cyclic esters (lactones) is 3. The first-order valence-electron chi connectivity index (χ1n) is 31.4. The fourth-order valence-electron chi connectivity index (χ4n) is 11.5. The van der Waals surface area contributed by atoms with Crippen molar-refractivity contribution in [1.29, 1.82) is 0 Å². The summed E-state index contributed by atoms with van der Waals surface area (Å²) >= 11 is 0. The molecule has 4 aliphatic rings. The molecule has 8 N–H and O–H groups in total. The molecule has 7 amide bonds. The Morgan fingerprint density at radius 1 is 0.570 bits per heavy atom. The van der Waals surface area contributed by atoms with E-state index in [1.807, 2.05) is 18.2 Å². The van der Waals surface area contributed by atoms with Gasteiger partial charge in [0.2, 0.25) is 11.8 Å². The molecule has 29 heteroatoms. The number of likely N-dealkylation sites (tertiary alicyclic amines) is 1. The molecule has 0 aromatic heterocycles. The van der Waals surface area contributed by atoms with E-state index in [0.717, 1.165) is 109 Å². The molecule has 19 nitrogen and oxygen atoms in total. The van der Waals surface area contributed by atoms with Gasteiger partial charge in [-0.1, -0.05) is 42.5 Å². The average molecular weight is 1410 g/mol. The lowest BCUT2D eigenvalue weighted by Crippen LogP contribution is -2.44. The van der Waals surface area contributed by atoms with Crippen LogP contribution in [-0.4, -0.2) is 110 Å². The number of nitrogens with zero attached hydrogens (tertiary/aromatic N) is 3. The minimum absolute atomic E-state index is 0.0886. The van der Waals surface area contributed by atoms with Gasteiger partial charge in [0.05, 0.1) is 23.7 Å². The highest BCUT2D eigenvalue weighted by Gasteiger charge is 2.53. The molecular formula is C71H80F10N8O11. The van der Waals surface area contributed by atoms with Crippen LogP contribution in [0.1, 0.15) is 165 Å². The molecule has 4 aliphatic heterocycles. The minimum atomic E-state index is -1.16. The lowest BCUT2D eigenvalue weighted by atomic mass is 9.89. The number of urea groups is 1. The van der Waals surface area contributed by atoms with Crippen LogP contribution in [0.2, 0.25) is 0 Å². The van der Waals surface area contributed by atoms with E-state index in [1.54, 1.807) is 41.5 Å². The van der Waals surface area contributed by atoms with E-state index in [0.29, 0.717) is 35.6 Å².